The molecule has 0 aliphatic carbocycles. The summed E-state index contributed by atoms with van der Waals surface area (Å²) in [5.41, 5.74) is 0.590. The first kappa shape index (κ1) is 25.1. The van der Waals surface area contributed by atoms with Crippen LogP contribution in [0.3, 0.4) is 0 Å². The first-order valence-electron chi connectivity index (χ1n) is 10.8. The third kappa shape index (κ3) is 7.16. The van der Waals surface area contributed by atoms with Gasteiger partial charge in [0.05, 0.1) is 0 Å². The minimum absolute atomic E-state index is 0.233. The Morgan fingerprint density at radius 2 is 1.25 bits per heavy atom. The van der Waals surface area contributed by atoms with Crippen LogP contribution in [0.4, 0.5) is 8.78 Å². The molecule has 0 N–H and O–H groups in total. The first-order chi connectivity index (χ1) is 13.5. The zero-order chi connectivity index (χ0) is 21.0. The number of hydrogen-bond acceptors (Lipinski definition) is 2. The molecule has 0 unspecified atom stereocenters. The molecular formula is C23H36F2O2Sn. The molecule has 5 heteroatoms. The third-order valence-corrected chi connectivity index (χ3v) is 19.8. The summed E-state index contributed by atoms with van der Waals surface area (Å²) < 4.78 is 38.1. The summed E-state index contributed by atoms with van der Waals surface area (Å²) in [5, 5.41) is 0. The van der Waals surface area contributed by atoms with Gasteiger partial charge in [-0.05, 0) is 0 Å². The van der Waals surface area contributed by atoms with Crippen LogP contribution in [0.1, 0.15) is 82.1 Å². The van der Waals surface area contributed by atoms with E-state index in [9.17, 15) is 4.79 Å². The first-order valence-corrected chi connectivity index (χ1v) is 18.3. The van der Waals surface area contributed by atoms with Gasteiger partial charge in [0, 0.05) is 0 Å². The molecule has 2 nitrogen and oxygen atoms in total. The van der Waals surface area contributed by atoms with Crippen molar-refractivity contribution in [2.75, 3.05) is 6.61 Å². The van der Waals surface area contributed by atoms with Crippen LogP contribution >= 0.6 is 0 Å². The molecule has 0 aliphatic heterocycles. The normalized spacial score (nSPS) is 12.6. The second-order valence-corrected chi connectivity index (χ2v) is 20.4. The van der Waals surface area contributed by atoms with Gasteiger partial charge in [-0.2, -0.15) is 0 Å². The van der Waals surface area contributed by atoms with Gasteiger partial charge in [-0.15, -0.1) is 0 Å². The van der Waals surface area contributed by atoms with E-state index in [1.807, 2.05) is 0 Å². The summed E-state index contributed by atoms with van der Waals surface area (Å²) in [6, 6.07) is 6.03. The van der Waals surface area contributed by atoms with Crippen molar-refractivity contribution in [2.45, 2.75) is 79.5 Å². The van der Waals surface area contributed by atoms with Gasteiger partial charge in [0.1, 0.15) is 0 Å². The van der Waals surface area contributed by atoms with Crippen molar-refractivity contribution < 1.29 is 18.3 Å². The predicted octanol–water partition coefficient (Wildman–Crippen LogP) is 7.86. The SMILES string of the molecule is CCC[CH2][Sn]([CH2]CCC)([CH2]CCC)/[C](F)=C(/F)c1ccc(C(=O)OCC)cc1. The van der Waals surface area contributed by atoms with E-state index < -0.39 is 34.0 Å². The van der Waals surface area contributed by atoms with E-state index >= 15 is 8.78 Å². The average molecular weight is 501 g/mol. The van der Waals surface area contributed by atoms with Crippen LogP contribution in [0.5, 0.6) is 0 Å². The predicted molar refractivity (Wildman–Crippen MR) is 116 cm³/mol. The molecule has 0 amide bonds. The monoisotopic (exact) mass is 502 g/mol. The van der Waals surface area contributed by atoms with Crippen LogP contribution in [-0.4, -0.2) is 31.0 Å². The number of hydrogen-bond donors (Lipinski definition) is 0. The van der Waals surface area contributed by atoms with Gasteiger partial charge in [-0.25, -0.2) is 0 Å². The second kappa shape index (κ2) is 13.3. The third-order valence-electron chi connectivity index (χ3n) is 5.33. The Morgan fingerprint density at radius 1 is 0.821 bits per heavy atom. The summed E-state index contributed by atoms with van der Waals surface area (Å²) in [4.78, 5) is 11.8. The number of rotatable bonds is 13. The fourth-order valence-corrected chi connectivity index (χ4v) is 18.2. The molecule has 0 saturated carbocycles. The van der Waals surface area contributed by atoms with Crippen molar-refractivity contribution in [3.05, 3.63) is 39.2 Å². The van der Waals surface area contributed by atoms with Crippen LogP contribution in [0.15, 0.2) is 28.1 Å². The van der Waals surface area contributed by atoms with Crippen LogP contribution in [0.2, 0.25) is 13.3 Å². The zero-order valence-corrected chi connectivity index (χ0v) is 20.8. The van der Waals surface area contributed by atoms with E-state index in [0.717, 1.165) is 51.8 Å². The van der Waals surface area contributed by atoms with Gasteiger partial charge >= 0.3 is 174 Å². The quantitative estimate of drug-likeness (QED) is 0.203. The van der Waals surface area contributed by atoms with Gasteiger partial charge in [-0.3, -0.25) is 0 Å². The molecule has 0 heterocycles. The van der Waals surface area contributed by atoms with Crippen molar-refractivity contribution in [3.8, 4) is 0 Å². The van der Waals surface area contributed by atoms with Gasteiger partial charge in [-0.1, -0.05) is 0 Å². The van der Waals surface area contributed by atoms with Crippen molar-refractivity contribution in [1.29, 1.82) is 0 Å². The van der Waals surface area contributed by atoms with E-state index in [1.54, 1.807) is 6.92 Å². The molecular weight excluding hydrogens is 465 g/mol. The number of benzene rings is 1. The maximum atomic E-state index is 15.7. The standard InChI is InChI=1S/C11H9F2O2.3C4H9.Sn/c1-2-15-11(14)9-5-3-8(4-6-9)10(13)7-12;3*1-3-4-2;/h3-6H,2H2,1H3;3*1,3-4H2,2H3;. The topological polar surface area (TPSA) is 26.3 Å². The summed E-state index contributed by atoms with van der Waals surface area (Å²) in [7, 11) is 0. The molecule has 0 fully saturated rings. The fourth-order valence-electron chi connectivity index (χ4n) is 3.58. The van der Waals surface area contributed by atoms with Crippen molar-refractivity contribution in [3.63, 3.8) is 0 Å². The number of esters is 1. The fraction of sp³-hybridized carbons (Fsp3) is 0.609. The number of carbonyl (C=O) groups is 1. The minimum atomic E-state index is -3.42. The molecule has 28 heavy (non-hydrogen) atoms. The molecule has 0 bridgehead atoms. The van der Waals surface area contributed by atoms with Gasteiger partial charge in [0.15, 0.2) is 0 Å². The molecule has 0 aliphatic rings. The van der Waals surface area contributed by atoms with Gasteiger partial charge < -0.3 is 0 Å². The summed E-state index contributed by atoms with van der Waals surface area (Å²) in [6.45, 7) is 8.36. The number of ether oxygens (including phenoxy) is 1. The summed E-state index contributed by atoms with van der Waals surface area (Å²) in [5.74, 6) is -1.14. The molecule has 1 aromatic carbocycles. The Hall–Kier alpha value is -0.911. The van der Waals surface area contributed by atoms with Crippen LogP contribution < -0.4 is 0 Å². The Kier molecular flexibility index (Phi) is 12.0. The molecule has 0 spiro atoms. The molecule has 1 aromatic rings. The maximum absolute atomic E-state index is 15.7. The Morgan fingerprint density at radius 3 is 1.64 bits per heavy atom. The molecule has 0 aromatic heterocycles. The number of unbranched alkanes of at least 4 members (excludes halogenated alkanes) is 3. The number of halogens is 2. The van der Waals surface area contributed by atoms with Crippen LogP contribution in [-0.2, 0) is 4.74 Å². The van der Waals surface area contributed by atoms with Gasteiger partial charge in [0.2, 0.25) is 0 Å². The van der Waals surface area contributed by atoms with E-state index in [1.165, 1.54) is 24.3 Å². The molecule has 158 valence electrons. The Labute approximate surface area is 173 Å². The van der Waals surface area contributed by atoms with Crippen LogP contribution in [0.25, 0.3) is 5.83 Å². The summed E-state index contributed by atoms with van der Waals surface area (Å²) >= 11 is -3.42. The van der Waals surface area contributed by atoms with E-state index in [4.69, 9.17) is 4.74 Å². The molecule has 0 radical (unpaired) electrons. The zero-order valence-electron chi connectivity index (χ0n) is 18.0. The average Bonchev–Trinajstić information content (AvgIpc) is 2.72. The number of carbonyl (C=O) groups excluding carboxylic acids is 1. The van der Waals surface area contributed by atoms with Crippen molar-refractivity contribution >= 4 is 30.2 Å². The molecule has 0 saturated heterocycles. The van der Waals surface area contributed by atoms with E-state index in [0.29, 0.717) is 5.56 Å². The van der Waals surface area contributed by atoms with Crippen molar-refractivity contribution in [2.24, 2.45) is 0 Å². The van der Waals surface area contributed by atoms with Gasteiger partial charge in [0.25, 0.3) is 0 Å². The summed E-state index contributed by atoms with van der Waals surface area (Å²) in [6.07, 6.45) is 5.98. The van der Waals surface area contributed by atoms with E-state index in [-0.39, 0.29) is 12.2 Å². The molecule has 0 atom stereocenters. The molecule has 1 rings (SSSR count). The van der Waals surface area contributed by atoms with Crippen molar-refractivity contribution in [1.82, 2.24) is 0 Å². The van der Waals surface area contributed by atoms with Crippen LogP contribution in [0, 0.1) is 0 Å². The van der Waals surface area contributed by atoms with E-state index in [2.05, 4.69) is 20.8 Å². The second-order valence-electron chi connectivity index (χ2n) is 7.52. The Balaban J connectivity index is 3.25. The Bertz CT molecular complexity index is 604.